The molecule has 1 atom stereocenters. The second-order valence-electron chi connectivity index (χ2n) is 3.34. The van der Waals surface area contributed by atoms with Gasteiger partial charge in [-0.1, -0.05) is 34.5 Å². The first-order chi connectivity index (χ1) is 8.08. The molecule has 0 fully saturated rings. The van der Waals surface area contributed by atoms with Crippen molar-refractivity contribution in [2.24, 2.45) is 0 Å². The molecule has 0 saturated carbocycles. The Bertz CT molecular complexity index is 395. The van der Waals surface area contributed by atoms with E-state index in [-0.39, 0.29) is 5.97 Å². The van der Waals surface area contributed by atoms with Gasteiger partial charge >= 0.3 is 5.97 Å². The van der Waals surface area contributed by atoms with Gasteiger partial charge in [-0.15, -0.1) is 0 Å². The fourth-order valence-corrected chi connectivity index (χ4v) is 1.98. The van der Waals surface area contributed by atoms with Crippen LogP contribution in [0.4, 0.5) is 0 Å². The molecule has 0 saturated heterocycles. The number of hydrogen-bond acceptors (Lipinski definition) is 3. The molecule has 5 heteroatoms. The average Bonchev–Trinajstić information content (AvgIpc) is 2.28. The number of carbonyl (C=O) groups excluding carboxylic acids is 1. The number of esters is 1. The van der Waals surface area contributed by atoms with E-state index in [4.69, 9.17) is 21.1 Å². The predicted octanol–water partition coefficient (Wildman–Crippen LogP) is 3.82. The number of benzene rings is 1. The fraction of sp³-hybridized carbons (Fsp3) is 0.417. The van der Waals surface area contributed by atoms with Crippen molar-refractivity contribution in [2.75, 3.05) is 6.61 Å². The molecule has 0 aliphatic carbocycles. The first-order valence-corrected chi connectivity index (χ1v) is 6.53. The normalized spacial score (nSPS) is 12.0. The maximum absolute atomic E-state index is 11.6. The molecular weight excluding hydrogens is 307 g/mol. The summed E-state index contributed by atoms with van der Waals surface area (Å²) in [6, 6.07) is 5.24. The summed E-state index contributed by atoms with van der Waals surface area (Å²) >= 11 is 9.31. The maximum Gasteiger partial charge on any atom is 0.347 e. The molecule has 94 valence electrons. The van der Waals surface area contributed by atoms with E-state index >= 15 is 0 Å². The summed E-state index contributed by atoms with van der Waals surface area (Å²) in [5.41, 5.74) is 0. The minimum absolute atomic E-state index is 0.340. The van der Waals surface area contributed by atoms with Gasteiger partial charge in [0.25, 0.3) is 0 Å². The standard InChI is InChI=1S/C12H14BrClO3/c1-3-10(12(15)16-4-2)17-11-6-5-8(13)7-9(11)14/h5-7,10H,3-4H2,1-2H3/t10-/m1/s1. The fourth-order valence-electron chi connectivity index (χ4n) is 1.26. The second-order valence-corrected chi connectivity index (χ2v) is 4.66. The van der Waals surface area contributed by atoms with Crippen LogP contribution < -0.4 is 4.74 Å². The van der Waals surface area contributed by atoms with Crippen LogP contribution in [0.15, 0.2) is 22.7 Å². The third kappa shape index (κ3) is 4.21. The second kappa shape index (κ2) is 6.87. The van der Waals surface area contributed by atoms with E-state index in [1.165, 1.54) is 0 Å². The third-order valence-electron chi connectivity index (χ3n) is 2.08. The van der Waals surface area contributed by atoms with E-state index in [0.29, 0.717) is 23.8 Å². The van der Waals surface area contributed by atoms with E-state index in [1.807, 2.05) is 6.92 Å². The van der Waals surface area contributed by atoms with Gasteiger partial charge in [0.15, 0.2) is 6.10 Å². The molecule has 0 radical (unpaired) electrons. The summed E-state index contributed by atoms with van der Waals surface area (Å²) in [5.74, 6) is 0.115. The van der Waals surface area contributed by atoms with Crippen molar-refractivity contribution in [3.05, 3.63) is 27.7 Å². The highest BCUT2D eigenvalue weighted by Gasteiger charge is 2.20. The Morgan fingerprint density at radius 2 is 2.18 bits per heavy atom. The molecule has 0 spiro atoms. The van der Waals surface area contributed by atoms with Gasteiger partial charge in [-0.25, -0.2) is 4.79 Å². The van der Waals surface area contributed by atoms with Gasteiger partial charge < -0.3 is 9.47 Å². The zero-order valence-corrected chi connectivity index (χ0v) is 12.0. The third-order valence-corrected chi connectivity index (χ3v) is 2.87. The lowest BCUT2D eigenvalue weighted by Gasteiger charge is -2.16. The molecule has 0 aliphatic rings. The summed E-state index contributed by atoms with van der Waals surface area (Å²) < 4.78 is 11.3. The van der Waals surface area contributed by atoms with Crippen LogP contribution in [0.3, 0.4) is 0 Å². The molecule has 0 aliphatic heterocycles. The van der Waals surface area contributed by atoms with E-state index in [9.17, 15) is 4.79 Å². The Labute approximate surface area is 114 Å². The van der Waals surface area contributed by atoms with E-state index in [1.54, 1.807) is 25.1 Å². The van der Waals surface area contributed by atoms with Crippen molar-refractivity contribution in [1.29, 1.82) is 0 Å². The molecule has 17 heavy (non-hydrogen) atoms. The minimum Gasteiger partial charge on any atom is -0.477 e. The molecule has 0 unspecified atom stereocenters. The molecule has 0 bridgehead atoms. The van der Waals surface area contributed by atoms with Crippen molar-refractivity contribution in [2.45, 2.75) is 26.4 Å². The van der Waals surface area contributed by atoms with E-state index in [0.717, 1.165) is 4.47 Å². The van der Waals surface area contributed by atoms with Gasteiger partial charge in [-0.2, -0.15) is 0 Å². The summed E-state index contributed by atoms with van der Waals surface area (Å²) in [6.07, 6.45) is -0.0841. The molecule has 1 aromatic rings. The monoisotopic (exact) mass is 320 g/mol. The maximum atomic E-state index is 11.6. The van der Waals surface area contributed by atoms with Crippen LogP contribution in [0.1, 0.15) is 20.3 Å². The molecule has 0 heterocycles. The van der Waals surface area contributed by atoms with Crippen LogP contribution in [-0.2, 0) is 9.53 Å². The number of ether oxygens (including phenoxy) is 2. The molecule has 0 N–H and O–H groups in total. The molecular formula is C12H14BrClO3. The van der Waals surface area contributed by atoms with Crippen molar-refractivity contribution in [3.8, 4) is 5.75 Å². The molecule has 1 rings (SSSR count). The first-order valence-electron chi connectivity index (χ1n) is 5.36. The van der Waals surface area contributed by atoms with Crippen LogP contribution in [0.25, 0.3) is 0 Å². The Kier molecular flexibility index (Phi) is 5.78. The number of halogens is 2. The van der Waals surface area contributed by atoms with Crippen LogP contribution in [0, 0.1) is 0 Å². The van der Waals surface area contributed by atoms with Gasteiger partial charge in [-0.3, -0.25) is 0 Å². The van der Waals surface area contributed by atoms with Crippen molar-refractivity contribution < 1.29 is 14.3 Å². The Balaban J connectivity index is 2.77. The zero-order valence-electron chi connectivity index (χ0n) is 9.70. The Hall–Kier alpha value is -0.740. The number of hydrogen-bond donors (Lipinski definition) is 0. The first kappa shape index (κ1) is 14.3. The molecule has 1 aromatic carbocycles. The lowest BCUT2D eigenvalue weighted by molar-refractivity contribution is -0.151. The quantitative estimate of drug-likeness (QED) is 0.773. The van der Waals surface area contributed by atoms with Crippen molar-refractivity contribution in [3.63, 3.8) is 0 Å². The molecule has 0 amide bonds. The van der Waals surface area contributed by atoms with E-state index < -0.39 is 6.10 Å². The average molecular weight is 322 g/mol. The summed E-state index contributed by atoms with van der Waals surface area (Å²) in [4.78, 5) is 11.6. The minimum atomic E-state index is -0.617. The lowest BCUT2D eigenvalue weighted by Crippen LogP contribution is -2.28. The van der Waals surface area contributed by atoms with Crippen LogP contribution in [0.2, 0.25) is 5.02 Å². The van der Waals surface area contributed by atoms with Crippen LogP contribution in [0.5, 0.6) is 5.75 Å². The highest BCUT2D eigenvalue weighted by Crippen LogP contribution is 2.29. The van der Waals surface area contributed by atoms with Crippen molar-refractivity contribution in [1.82, 2.24) is 0 Å². The van der Waals surface area contributed by atoms with Crippen molar-refractivity contribution >= 4 is 33.5 Å². The SMILES string of the molecule is CCOC(=O)[C@@H](CC)Oc1ccc(Br)cc1Cl. The predicted molar refractivity (Wildman–Crippen MR) is 70.5 cm³/mol. The highest BCUT2D eigenvalue weighted by atomic mass is 79.9. The summed E-state index contributed by atoms with van der Waals surface area (Å²) in [5, 5.41) is 0.460. The largest absolute Gasteiger partial charge is 0.477 e. The summed E-state index contributed by atoms with van der Waals surface area (Å²) in [6.45, 7) is 3.96. The van der Waals surface area contributed by atoms with Gasteiger partial charge in [0.2, 0.25) is 0 Å². The smallest absolute Gasteiger partial charge is 0.347 e. The van der Waals surface area contributed by atoms with Gasteiger partial charge in [0, 0.05) is 4.47 Å². The summed E-state index contributed by atoms with van der Waals surface area (Å²) in [7, 11) is 0. The Morgan fingerprint density at radius 1 is 1.47 bits per heavy atom. The van der Waals surface area contributed by atoms with E-state index in [2.05, 4.69) is 15.9 Å². The topological polar surface area (TPSA) is 35.5 Å². The van der Waals surface area contributed by atoms with Gasteiger partial charge in [-0.05, 0) is 31.5 Å². The highest BCUT2D eigenvalue weighted by molar-refractivity contribution is 9.10. The Morgan fingerprint density at radius 3 is 2.71 bits per heavy atom. The molecule has 0 aromatic heterocycles. The number of rotatable bonds is 5. The van der Waals surface area contributed by atoms with Crippen LogP contribution >= 0.6 is 27.5 Å². The van der Waals surface area contributed by atoms with Crippen LogP contribution in [-0.4, -0.2) is 18.7 Å². The lowest BCUT2D eigenvalue weighted by atomic mass is 10.2. The number of carbonyl (C=O) groups is 1. The van der Waals surface area contributed by atoms with Gasteiger partial charge in [0.1, 0.15) is 5.75 Å². The van der Waals surface area contributed by atoms with Gasteiger partial charge in [0.05, 0.1) is 11.6 Å². The zero-order chi connectivity index (χ0) is 12.8. The molecule has 3 nitrogen and oxygen atoms in total.